The van der Waals surface area contributed by atoms with Gasteiger partial charge in [0.1, 0.15) is 6.10 Å². The molecule has 0 aliphatic heterocycles. The van der Waals surface area contributed by atoms with Crippen LogP contribution in [0.2, 0.25) is 0 Å². The Morgan fingerprint density at radius 2 is 1.93 bits per heavy atom. The minimum absolute atomic E-state index is 0.0247. The quantitative estimate of drug-likeness (QED) is 0.713. The molecule has 0 aromatic rings. The Morgan fingerprint density at radius 1 is 1.36 bits per heavy atom. The second-order valence-electron chi connectivity index (χ2n) is 4.04. The highest BCUT2D eigenvalue weighted by Gasteiger charge is 2.15. The summed E-state index contributed by atoms with van der Waals surface area (Å²) < 4.78 is 4.93. The van der Waals surface area contributed by atoms with E-state index < -0.39 is 0 Å². The summed E-state index contributed by atoms with van der Waals surface area (Å²) in [7, 11) is 1.55. The maximum atomic E-state index is 11.4. The first-order chi connectivity index (χ1) is 6.51. The lowest BCUT2D eigenvalue weighted by Gasteiger charge is -2.19. The van der Waals surface area contributed by atoms with Gasteiger partial charge >= 0.3 is 0 Å². The molecule has 3 nitrogen and oxygen atoms in total. The molecular weight excluding hydrogens is 178 g/mol. The lowest BCUT2D eigenvalue weighted by Crippen LogP contribution is -2.40. The van der Waals surface area contributed by atoms with Crippen molar-refractivity contribution in [3.05, 3.63) is 0 Å². The lowest BCUT2D eigenvalue weighted by atomic mass is 10.0. The third-order valence-corrected chi connectivity index (χ3v) is 2.56. The minimum Gasteiger partial charge on any atom is -0.372 e. The molecule has 0 fully saturated rings. The first-order valence-corrected chi connectivity index (χ1v) is 5.34. The molecular formula is C11H23NO2. The summed E-state index contributed by atoms with van der Waals surface area (Å²) in [6, 6.07) is 0.232. The van der Waals surface area contributed by atoms with Crippen molar-refractivity contribution in [1.29, 1.82) is 0 Å². The van der Waals surface area contributed by atoms with Crippen molar-refractivity contribution in [3.8, 4) is 0 Å². The maximum Gasteiger partial charge on any atom is 0.249 e. The molecule has 0 aliphatic carbocycles. The van der Waals surface area contributed by atoms with Crippen molar-refractivity contribution in [3.63, 3.8) is 0 Å². The zero-order valence-corrected chi connectivity index (χ0v) is 9.96. The standard InChI is InChI=1S/C11H23NO2/c1-6-8(2)7-9(3)12-11(13)10(4)14-5/h8-10H,6-7H2,1-5H3,(H,12,13). The number of amides is 1. The van der Waals surface area contributed by atoms with Gasteiger partial charge in [-0.2, -0.15) is 0 Å². The number of methoxy groups -OCH3 is 1. The van der Waals surface area contributed by atoms with E-state index in [4.69, 9.17) is 4.74 Å². The van der Waals surface area contributed by atoms with Gasteiger partial charge in [0, 0.05) is 13.2 Å². The highest BCUT2D eigenvalue weighted by atomic mass is 16.5. The van der Waals surface area contributed by atoms with Gasteiger partial charge < -0.3 is 10.1 Å². The summed E-state index contributed by atoms with van der Waals surface area (Å²) in [5.41, 5.74) is 0. The van der Waals surface area contributed by atoms with Crippen LogP contribution in [0.1, 0.15) is 40.5 Å². The molecule has 0 saturated heterocycles. The SMILES string of the molecule is CCC(C)CC(C)NC(=O)C(C)OC. The Kier molecular flexibility index (Phi) is 6.54. The molecule has 0 aromatic heterocycles. The molecule has 0 aliphatic rings. The van der Waals surface area contributed by atoms with Gasteiger partial charge in [0.05, 0.1) is 0 Å². The van der Waals surface area contributed by atoms with Gasteiger partial charge in [-0.3, -0.25) is 4.79 Å². The van der Waals surface area contributed by atoms with Gasteiger partial charge in [-0.25, -0.2) is 0 Å². The van der Waals surface area contributed by atoms with Gasteiger partial charge in [0.25, 0.3) is 0 Å². The molecule has 3 atom stereocenters. The van der Waals surface area contributed by atoms with Gasteiger partial charge in [-0.1, -0.05) is 20.3 Å². The van der Waals surface area contributed by atoms with Crippen LogP contribution in [0, 0.1) is 5.92 Å². The van der Waals surface area contributed by atoms with E-state index in [-0.39, 0.29) is 18.1 Å². The second-order valence-corrected chi connectivity index (χ2v) is 4.04. The van der Waals surface area contributed by atoms with E-state index >= 15 is 0 Å². The fourth-order valence-electron chi connectivity index (χ4n) is 1.30. The fraction of sp³-hybridized carbons (Fsp3) is 0.909. The third-order valence-electron chi connectivity index (χ3n) is 2.56. The largest absolute Gasteiger partial charge is 0.372 e. The molecule has 3 unspecified atom stereocenters. The summed E-state index contributed by atoms with van der Waals surface area (Å²) in [6.07, 6.45) is 1.83. The molecule has 0 aromatic carbocycles. The highest BCUT2D eigenvalue weighted by molar-refractivity contribution is 5.80. The number of hydrogen-bond donors (Lipinski definition) is 1. The number of rotatable bonds is 6. The van der Waals surface area contributed by atoms with Crippen LogP contribution < -0.4 is 5.32 Å². The number of ether oxygens (including phenoxy) is 1. The minimum atomic E-state index is -0.352. The molecule has 84 valence electrons. The van der Waals surface area contributed by atoms with Crippen molar-refractivity contribution in [2.75, 3.05) is 7.11 Å². The normalized spacial score (nSPS) is 17.2. The average molecular weight is 201 g/mol. The predicted octanol–water partition coefficient (Wildman–Crippen LogP) is 1.96. The number of nitrogens with one attached hydrogen (secondary N) is 1. The van der Waals surface area contributed by atoms with Gasteiger partial charge in [0.15, 0.2) is 0 Å². The van der Waals surface area contributed by atoms with Crippen LogP contribution in [0.15, 0.2) is 0 Å². The van der Waals surface area contributed by atoms with Crippen LogP contribution in [0.5, 0.6) is 0 Å². The van der Waals surface area contributed by atoms with Crippen molar-refractivity contribution in [1.82, 2.24) is 5.32 Å². The van der Waals surface area contributed by atoms with Crippen molar-refractivity contribution < 1.29 is 9.53 Å². The molecule has 3 heteroatoms. The molecule has 0 saturated carbocycles. The lowest BCUT2D eigenvalue weighted by molar-refractivity contribution is -0.130. The van der Waals surface area contributed by atoms with Crippen LogP contribution >= 0.6 is 0 Å². The maximum absolute atomic E-state index is 11.4. The predicted molar refractivity (Wildman–Crippen MR) is 58.1 cm³/mol. The van der Waals surface area contributed by atoms with Crippen molar-refractivity contribution in [2.45, 2.75) is 52.7 Å². The first kappa shape index (κ1) is 13.4. The molecule has 14 heavy (non-hydrogen) atoms. The van der Waals surface area contributed by atoms with E-state index in [1.54, 1.807) is 14.0 Å². The van der Waals surface area contributed by atoms with Crippen molar-refractivity contribution >= 4 is 5.91 Å². The Morgan fingerprint density at radius 3 is 2.36 bits per heavy atom. The monoisotopic (exact) mass is 201 g/mol. The molecule has 1 N–H and O–H groups in total. The second kappa shape index (κ2) is 6.82. The summed E-state index contributed by atoms with van der Waals surface area (Å²) in [5, 5.41) is 2.93. The Balaban J connectivity index is 3.82. The molecule has 0 bridgehead atoms. The summed E-state index contributed by atoms with van der Waals surface area (Å²) in [5.74, 6) is 0.631. The van der Waals surface area contributed by atoms with E-state index in [0.29, 0.717) is 5.92 Å². The topological polar surface area (TPSA) is 38.3 Å². The fourth-order valence-corrected chi connectivity index (χ4v) is 1.30. The zero-order valence-electron chi connectivity index (χ0n) is 9.96. The molecule has 0 radical (unpaired) electrons. The van der Waals surface area contributed by atoms with E-state index in [0.717, 1.165) is 12.8 Å². The Labute approximate surface area is 87.2 Å². The summed E-state index contributed by atoms with van der Waals surface area (Å²) >= 11 is 0. The van der Waals surface area contributed by atoms with Crippen molar-refractivity contribution in [2.24, 2.45) is 5.92 Å². The Hall–Kier alpha value is -0.570. The molecule has 0 heterocycles. The zero-order chi connectivity index (χ0) is 11.1. The van der Waals surface area contributed by atoms with Crippen LogP contribution in [0.3, 0.4) is 0 Å². The van der Waals surface area contributed by atoms with E-state index in [1.807, 2.05) is 6.92 Å². The summed E-state index contributed by atoms with van der Waals surface area (Å²) in [6.45, 7) is 8.15. The molecule has 0 spiro atoms. The average Bonchev–Trinajstić information content (AvgIpc) is 2.15. The Bertz CT molecular complexity index is 171. The number of hydrogen-bond acceptors (Lipinski definition) is 2. The first-order valence-electron chi connectivity index (χ1n) is 5.34. The van der Waals surface area contributed by atoms with Crippen LogP contribution in [0.25, 0.3) is 0 Å². The van der Waals surface area contributed by atoms with Crippen LogP contribution in [-0.4, -0.2) is 25.2 Å². The number of carbonyl (C=O) groups is 1. The van der Waals surface area contributed by atoms with Crippen LogP contribution in [0.4, 0.5) is 0 Å². The number of carbonyl (C=O) groups excluding carboxylic acids is 1. The molecule has 1 amide bonds. The van der Waals surface area contributed by atoms with Gasteiger partial charge in [0.2, 0.25) is 5.91 Å². The van der Waals surface area contributed by atoms with Gasteiger partial charge in [-0.05, 0) is 26.2 Å². The molecule has 0 rings (SSSR count). The summed E-state index contributed by atoms with van der Waals surface area (Å²) in [4.78, 5) is 11.4. The highest BCUT2D eigenvalue weighted by Crippen LogP contribution is 2.09. The van der Waals surface area contributed by atoms with E-state index in [1.165, 1.54) is 0 Å². The van der Waals surface area contributed by atoms with E-state index in [2.05, 4.69) is 19.2 Å². The smallest absolute Gasteiger partial charge is 0.249 e. The van der Waals surface area contributed by atoms with Crippen LogP contribution in [-0.2, 0) is 9.53 Å². The third kappa shape index (κ3) is 5.22. The van der Waals surface area contributed by atoms with Gasteiger partial charge in [-0.15, -0.1) is 0 Å². The van der Waals surface area contributed by atoms with E-state index in [9.17, 15) is 4.79 Å².